The number of hydrogen-bond acceptors (Lipinski definition) is 2. The SMILES string of the molecule is CC[N+](CC)(CC)CCSC1=NCC[NH2+]1.[Br-].[Br-]. The van der Waals surface area contributed by atoms with Gasteiger partial charge in [0.1, 0.15) is 6.54 Å². The van der Waals surface area contributed by atoms with Gasteiger partial charge in [0.2, 0.25) is 0 Å². The Morgan fingerprint density at radius 2 is 1.76 bits per heavy atom. The van der Waals surface area contributed by atoms with Gasteiger partial charge in [0.05, 0.1) is 38.5 Å². The number of halogens is 2. The Morgan fingerprint density at radius 1 is 1.18 bits per heavy atom. The molecule has 0 amide bonds. The molecule has 17 heavy (non-hydrogen) atoms. The van der Waals surface area contributed by atoms with Crippen molar-refractivity contribution in [2.75, 3.05) is 45.0 Å². The molecule has 0 unspecified atom stereocenters. The van der Waals surface area contributed by atoms with Crippen LogP contribution in [0.15, 0.2) is 4.99 Å². The van der Waals surface area contributed by atoms with Crippen molar-refractivity contribution in [3.8, 4) is 0 Å². The molecule has 1 aliphatic heterocycles. The van der Waals surface area contributed by atoms with Crippen molar-refractivity contribution in [3.63, 3.8) is 0 Å². The van der Waals surface area contributed by atoms with Crippen LogP contribution in [0.1, 0.15) is 20.8 Å². The number of rotatable bonds is 6. The van der Waals surface area contributed by atoms with Crippen LogP contribution in [0.3, 0.4) is 0 Å². The van der Waals surface area contributed by atoms with E-state index >= 15 is 0 Å². The topological polar surface area (TPSA) is 29.0 Å². The van der Waals surface area contributed by atoms with E-state index in [1.807, 2.05) is 11.8 Å². The monoisotopic (exact) mass is 389 g/mol. The molecule has 6 heteroatoms. The third-order valence-electron chi connectivity index (χ3n) is 3.54. The van der Waals surface area contributed by atoms with Gasteiger partial charge < -0.3 is 38.4 Å². The highest BCUT2D eigenvalue weighted by Crippen LogP contribution is 2.09. The van der Waals surface area contributed by atoms with Crippen LogP contribution in [0.4, 0.5) is 0 Å². The van der Waals surface area contributed by atoms with Crippen LogP contribution in [0.5, 0.6) is 0 Å². The van der Waals surface area contributed by atoms with E-state index in [0.717, 1.165) is 13.1 Å². The minimum absolute atomic E-state index is 0. The molecule has 0 radical (unpaired) electrons. The average molecular weight is 391 g/mol. The molecule has 0 saturated carbocycles. The van der Waals surface area contributed by atoms with Gasteiger partial charge in [0, 0.05) is 0 Å². The zero-order chi connectivity index (χ0) is 11.1. The smallest absolute Gasteiger partial charge is 0.256 e. The van der Waals surface area contributed by atoms with Crippen molar-refractivity contribution in [1.29, 1.82) is 0 Å². The Hall–Kier alpha value is 0.900. The van der Waals surface area contributed by atoms with Gasteiger partial charge in [-0.1, -0.05) is 0 Å². The lowest BCUT2D eigenvalue weighted by Crippen LogP contribution is -3.00. The van der Waals surface area contributed by atoms with E-state index in [1.54, 1.807) is 0 Å². The Bertz CT molecular complexity index is 212. The quantitative estimate of drug-likeness (QED) is 0.450. The molecule has 0 atom stereocenters. The van der Waals surface area contributed by atoms with Crippen molar-refractivity contribution in [2.45, 2.75) is 20.8 Å². The maximum atomic E-state index is 4.45. The van der Waals surface area contributed by atoms with Crippen LogP contribution in [-0.2, 0) is 0 Å². The molecule has 0 aliphatic carbocycles. The van der Waals surface area contributed by atoms with Gasteiger partial charge in [0.15, 0.2) is 0 Å². The van der Waals surface area contributed by atoms with Gasteiger partial charge in [-0.05, 0) is 32.5 Å². The summed E-state index contributed by atoms with van der Waals surface area (Å²) in [5.41, 5.74) is 0. The van der Waals surface area contributed by atoms with Gasteiger partial charge in [-0.3, -0.25) is 5.32 Å². The predicted molar refractivity (Wildman–Crippen MR) is 68.3 cm³/mol. The molecule has 0 fully saturated rings. The summed E-state index contributed by atoms with van der Waals surface area (Å²) in [5, 5.41) is 3.54. The Kier molecular flexibility index (Phi) is 12.8. The summed E-state index contributed by atoms with van der Waals surface area (Å²) in [7, 11) is 0. The fourth-order valence-electron chi connectivity index (χ4n) is 2.02. The molecule has 1 aliphatic rings. The summed E-state index contributed by atoms with van der Waals surface area (Å²) >= 11 is 1.94. The largest absolute Gasteiger partial charge is 1.00 e. The van der Waals surface area contributed by atoms with E-state index in [2.05, 4.69) is 31.1 Å². The zero-order valence-electron chi connectivity index (χ0n) is 11.1. The average Bonchev–Trinajstić information content (AvgIpc) is 2.78. The van der Waals surface area contributed by atoms with E-state index in [-0.39, 0.29) is 34.0 Å². The summed E-state index contributed by atoms with van der Waals surface area (Å²) in [6, 6.07) is 0. The molecular weight excluding hydrogens is 366 g/mol. The maximum Gasteiger partial charge on any atom is 0.256 e. The van der Waals surface area contributed by atoms with Crippen LogP contribution in [0, 0.1) is 0 Å². The van der Waals surface area contributed by atoms with Gasteiger partial charge in [-0.2, -0.15) is 0 Å². The van der Waals surface area contributed by atoms with E-state index < -0.39 is 0 Å². The number of thioether (sulfide) groups is 1. The minimum Gasteiger partial charge on any atom is -1.00 e. The number of quaternary nitrogens is 2. The molecule has 2 N–H and O–H groups in total. The van der Waals surface area contributed by atoms with Crippen LogP contribution < -0.4 is 39.3 Å². The molecule has 0 aromatic carbocycles. The van der Waals surface area contributed by atoms with Crippen molar-refractivity contribution in [1.82, 2.24) is 0 Å². The Labute approximate surface area is 131 Å². The summed E-state index contributed by atoms with van der Waals surface area (Å²) < 4.78 is 1.25. The molecule has 0 aromatic rings. The van der Waals surface area contributed by atoms with E-state index in [4.69, 9.17) is 0 Å². The molecule has 104 valence electrons. The molecule has 0 aromatic heterocycles. The van der Waals surface area contributed by atoms with Gasteiger partial charge in [-0.25, -0.2) is 4.99 Å². The summed E-state index contributed by atoms with van der Waals surface area (Å²) in [5.74, 6) is 1.21. The summed E-state index contributed by atoms with van der Waals surface area (Å²) in [6.07, 6.45) is 0. The van der Waals surface area contributed by atoms with Crippen molar-refractivity contribution >= 4 is 16.9 Å². The first kappa shape index (κ1) is 20.2. The van der Waals surface area contributed by atoms with E-state index in [9.17, 15) is 0 Å². The third-order valence-corrected chi connectivity index (χ3v) is 4.52. The first-order valence-corrected chi connectivity index (χ1v) is 7.10. The molecule has 0 bridgehead atoms. The first-order valence-electron chi connectivity index (χ1n) is 6.12. The van der Waals surface area contributed by atoms with Gasteiger partial charge >= 0.3 is 0 Å². The maximum absolute atomic E-state index is 4.45. The van der Waals surface area contributed by atoms with Crippen LogP contribution >= 0.6 is 11.8 Å². The number of nitrogens with two attached hydrogens (primary N) is 1. The highest BCUT2D eigenvalue weighted by molar-refractivity contribution is 8.13. The predicted octanol–water partition coefficient (Wildman–Crippen LogP) is -5.46. The normalized spacial score (nSPS) is 14.9. The molecule has 3 nitrogen and oxygen atoms in total. The fourth-order valence-corrected chi connectivity index (χ4v) is 3.13. The molecule has 1 rings (SSSR count). The second-order valence-electron chi connectivity index (χ2n) is 4.08. The summed E-state index contributed by atoms with van der Waals surface area (Å²) in [4.78, 5) is 4.45. The lowest BCUT2D eigenvalue weighted by molar-refractivity contribution is -0.920. The van der Waals surface area contributed by atoms with Crippen molar-refractivity contribution in [3.05, 3.63) is 0 Å². The highest BCUT2D eigenvalue weighted by atomic mass is 79.9. The standard InChI is InChI=1S/C11H24N3S.2BrH/c1-4-14(5-2,6-3)9-10-15-11-12-7-8-13-11;;/h4-10H2,1-3H3,(H,12,13);2*1H/q+1;;/p-1. The van der Waals surface area contributed by atoms with Crippen molar-refractivity contribution < 1.29 is 43.8 Å². The molecule has 0 saturated heterocycles. The minimum atomic E-state index is 0. The molecular formula is C11H25Br2N3S. The lowest BCUT2D eigenvalue weighted by atomic mass is 10.3. The number of aliphatic imine (C=N–C) groups is 1. The Balaban J connectivity index is 0. The number of hydrogen-bond donors (Lipinski definition) is 1. The second-order valence-corrected chi connectivity index (χ2v) is 5.19. The number of nitrogens with zero attached hydrogens (tertiary/aromatic N) is 2. The summed E-state index contributed by atoms with van der Waals surface area (Å²) in [6.45, 7) is 14.1. The van der Waals surface area contributed by atoms with Crippen molar-refractivity contribution in [2.24, 2.45) is 4.99 Å². The fraction of sp³-hybridized carbons (Fsp3) is 0.909. The van der Waals surface area contributed by atoms with Crippen LogP contribution in [0.25, 0.3) is 0 Å². The Morgan fingerprint density at radius 3 is 2.18 bits per heavy atom. The van der Waals surface area contributed by atoms with E-state index in [0.29, 0.717) is 0 Å². The first-order chi connectivity index (χ1) is 7.26. The molecule has 0 spiro atoms. The second kappa shape index (κ2) is 10.8. The van der Waals surface area contributed by atoms with Crippen LogP contribution in [0.2, 0.25) is 0 Å². The van der Waals surface area contributed by atoms with Gasteiger partial charge in [0.25, 0.3) is 5.17 Å². The lowest BCUT2D eigenvalue weighted by Gasteiger charge is -2.35. The molecule has 1 heterocycles. The van der Waals surface area contributed by atoms with Crippen LogP contribution in [-0.4, -0.2) is 54.7 Å². The zero-order valence-corrected chi connectivity index (χ0v) is 15.1. The number of amidine groups is 1. The third kappa shape index (κ3) is 6.57. The van der Waals surface area contributed by atoms with E-state index in [1.165, 1.54) is 41.6 Å². The van der Waals surface area contributed by atoms with Gasteiger partial charge in [-0.15, -0.1) is 0 Å². The highest BCUT2D eigenvalue weighted by Gasteiger charge is 2.21.